The highest BCUT2D eigenvalue weighted by Crippen LogP contribution is 2.28. The Morgan fingerprint density at radius 1 is 1.06 bits per heavy atom. The quantitative estimate of drug-likeness (QED) is 0.543. The molecule has 0 radical (unpaired) electrons. The molecule has 0 saturated carbocycles. The van der Waals surface area contributed by atoms with Gasteiger partial charge in [0.25, 0.3) is 0 Å². The number of piperidine rings is 1. The highest BCUT2D eigenvalue weighted by Gasteiger charge is 2.22. The van der Waals surface area contributed by atoms with E-state index in [4.69, 9.17) is 5.26 Å². The van der Waals surface area contributed by atoms with Gasteiger partial charge in [-0.15, -0.1) is 10.2 Å². The monoisotopic (exact) mass is 446 g/mol. The van der Waals surface area contributed by atoms with Gasteiger partial charge in [0.2, 0.25) is 11.9 Å². The van der Waals surface area contributed by atoms with Gasteiger partial charge in [0.1, 0.15) is 0 Å². The lowest BCUT2D eigenvalue weighted by Crippen LogP contribution is -2.31. The Bertz CT molecular complexity index is 1100. The molecule has 1 aromatic heterocycles. The zero-order valence-corrected chi connectivity index (χ0v) is 18.9. The summed E-state index contributed by atoms with van der Waals surface area (Å²) in [6, 6.07) is 17.7. The van der Waals surface area contributed by atoms with Crippen LogP contribution in [-0.2, 0) is 11.2 Å². The number of rotatable bonds is 7. The van der Waals surface area contributed by atoms with E-state index in [1.165, 1.54) is 23.7 Å². The molecule has 0 atom stereocenters. The highest BCUT2D eigenvalue weighted by molar-refractivity contribution is 7.99. The number of aryl methyl sites for hydroxylation is 1. The number of hydrogen-bond donors (Lipinski definition) is 1. The van der Waals surface area contributed by atoms with Crippen molar-refractivity contribution >= 4 is 29.3 Å². The standard InChI is InChI=1S/C24H26N6OS/c1-18-5-11-21(12-6-18)30-23(29-15-3-2-4-16-29)27-28-24(30)32-17-22(31)26-20-9-7-19(8-10-20)13-14-25/h5-12H,2-4,13,15-17H2,1H3,(H,26,31). The molecule has 0 bridgehead atoms. The minimum atomic E-state index is -0.110. The van der Waals surface area contributed by atoms with E-state index >= 15 is 0 Å². The molecular formula is C24H26N6OS. The van der Waals surface area contributed by atoms with Crippen LogP contribution in [0.15, 0.2) is 53.7 Å². The Balaban J connectivity index is 1.49. The smallest absolute Gasteiger partial charge is 0.234 e. The van der Waals surface area contributed by atoms with Gasteiger partial charge in [-0.3, -0.25) is 9.36 Å². The largest absolute Gasteiger partial charge is 0.341 e. The van der Waals surface area contributed by atoms with Crippen LogP contribution in [0.25, 0.3) is 5.69 Å². The van der Waals surface area contributed by atoms with E-state index in [0.29, 0.717) is 17.3 Å². The average Bonchev–Trinajstić information content (AvgIpc) is 3.24. The van der Waals surface area contributed by atoms with Crippen LogP contribution < -0.4 is 10.2 Å². The van der Waals surface area contributed by atoms with Gasteiger partial charge in [0.15, 0.2) is 5.16 Å². The summed E-state index contributed by atoms with van der Waals surface area (Å²) < 4.78 is 2.05. The summed E-state index contributed by atoms with van der Waals surface area (Å²) in [7, 11) is 0. The number of carbonyl (C=O) groups is 1. The molecule has 2 aromatic carbocycles. The van der Waals surface area contributed by atoms with Gasteiger partial charge in [-0.25, -0.2) is 0 Å². The second kappa shape index (κ2) is 10.3. The van der Waals surface area contributed by atoms with Crippen molar-refractivity contribution in [1.29, 1.82) is 5.26 Å². The maximum absolute atomic E-state index is 12.5. The number of nitriles is 1. The Labute approximate surface area is 192 Å². The normalized spacial score (nSPS) is 13.6. The molecule has 1 fully saturated rings. The van der Waals surface area contributed by atoms with Crippen molar-refractivity contribution in [2.45, 2.75) is 37.8 Å². The van der Waals surface area contributed by atoms with Crippen LogP contribution in [-0.4, -0.2) is 39.5 Å². The molecule has 1 saturated heterocycles. The zero-order chi connectivity index (χ0) is 22.3. The fraction of sp³-hybridized carbons (Fsp3) is 0.333. The van der Waals surface area contributed by atoms with Gasteiger partial charge in [-0.2, -0.15) is 5.26 Å². The molecule has 3 aromatic rings. The van der Waals surface area contributed by atoms with Gasteiger partial charge in [0, 0.05) is 18.8 Å². The average molecular weight is 447 g/mol. The van der Waals surface area contributed by atoms with E-state index in [9.17, 15) is 4.79 Å². The first-order valence-electron chi connectivity index (χ1n) is 10.8. The SMILES string of the molecule is Cc1ccc(-n2c(SCC(=O)Nc3ccc(CC#N)cc3)nnc2N2CCCCC2)cc1. The number of hydrogen-bond acceptors (Lipinski definition) is 6. The number of nitrogens with one attached hydrogen (secondary N) is 1. The van der Waals surface area contributed by atoms with Crippen LogP contribution in [0.4, 0.5) is 11.6 Å². The van der Waals surface area contributed by atoms with Gasteiger partial charge >= 0.3 is 0 Å². The van der Waals surface area contributed by atoms with Crippen molar-refractivity contribution in [3.63, 3.8) is 0 Å². The van der Waals surface area contributed by atoms with E-state index in [-0.39, 0.29) is 11.7 Å². The summed E-state index contributed by atoms with van der Waals surface area (Å²) in [6.07, 6.45) is 3.91. The van der Waals surface area contributed by atoms with E-state index in [0.717, 1.165) is 43.1 Å². The molecule has 2 heterocycles. The van der Waals surface area contributed by atoms with Crippen LogP contribution in [0.2, 0.25) is 0 Å². The van der Waals surface area contributed by atoms with Gasteiger partial charge in [0.05, 0.1) is 23.9 Å². The lowest BCUT2D eigenvalue weighted by molar-refractivity contribution is -0.113. The molecule has 32 heavy (non-hydrogen) atoms. The fourth-order valence-electron chi connectivity index (χ4n) is 3.70. The van der Waals surface area contributed by atoms with Gasteiger partial charge in [-0.05, 0) is 56.0 Å². The first kappa shape index (κ1) is 21.9. The molecule has 7 nitrogen and oxygen atoms in total. The molecule has 164 valence electrons. The second-order valence-electron chi connectivity index (χ2n) is 7.87. The Kier molecular flexibility index (Phi) is 7.07. The number of nitrogens with zero attached hydrogens (tertiary/aromatic N) is 5. The Hall–Kier alpha value is -3.31. The lowest BCUT2D eigenvalue weighted by Gasteiger charge is -2.27. The fourth-order valence-corrected chi connectivity index (χ4v) is 4.45. The minimum absolute atomic E-state index is 0.110. The molecule has 0 aliphatic carbocycles. The zero-order valence-electron chi connectivity index (χ0n) is 18.1. The first-order chi connectivity index (χ1) is 15.6. The second-order valence-corrected chi connectivity index (χ2v) is 8.81. The number of carbonyl (C=O) groups excluding carboxylic acids is 1. The topological polar surface area (TPSA) is 86.8 Å². The maximum Gasteiger partial charge on any atom is 0.234 e. The third-order valence-electron chi connectivity index (χ3n) is 5.40. The van der Waals surface area contributed by atoms with Crippen molar-refractivity contribution in [2.75, 3.05) is 29.1 Å². The summed E-state index contributed by atoms with van der Waals surface area (Å²) in [5, 5.41) is 21.3. The van der Waals surface area contributed by atoms with E-state index in [2.05, 4.69) is 62.2 Å². The predicted molar refractivity (Wildman–Crippen MR) is 127 cm³/mol. The third kappa shape index (κ3) is 5.29. The third-order valence-corrected chi connectivity index (χ3v) is 6.33. The van der Waals surface area contributed by atoms with Crippen molar-refractivity contribution in [1.82, 2.24) is 14.8 Å². The summed E-state index contributed by atoms with van der Waals surface area (Å²) in [5.74, 6) is 0.953. The number of amides is 1. The number of benzene rings is 2. The predicted octanol–water partition coefficient (Wildman–Crippen LogP) is 4.36. The minimum Gasteiger partial charge on any atom is -0.341 e. The van der Waals surface area contributed by atoms with Crippen molar-refractivity contribution < 1.29 is 4.79 Å². The van der Waals surface area contributed by atoms with Crippen molar-refractivity contribution in [2.24, 2.45) is 0 Å². The molecule has 8 heteroatoms. The van der Waals surface area contributed by atoms with Gasteiger partial charge in [-0.1, -0.05) is 41.6 Å². The molecule has 1 amide bonds. The van der Waals surface area contributed by atoms with Crippen LogP contribution in [0, 0.1) is 18.3 Å². The van der Waals surface area contributed by atoms with Crippen LogP contribution in [0.1, 0.15) is 30.4 Å². The maximum atomic E-state index is 12.5. The lowest BCUT2D eigenvalue weighted by atomic mass is 10.1. The Morgan fingerprint density at radius 2 is 1.78 bits per heavy atom. The van der Waals surface area contributed by atoms with Crippen molar-refractivity contribution in [3.8, 4) is 11.8 Å². The molecule has 0 spiro atoms. The molecule has 1 N–H and O–H groups in total. The summed E-state index contributed by atoms with van der Waals surface area (Å²) in [6.45, 7) is 4.00. The molecule has 4 rings (SSSR count). The summed E-state index contributed by atoms with van der Waals surface area (Å²) >= 11 is 1.38. The van der Waals surface area contributed by atoms with E-state index in [1.54, 1.807) is 0 Å². The van der Waals surface area contributed by atoms with E-state index in [1.807, 2.05) is 24.3 Å². The molecule has 0 unspecified atom stereocenters. The number of thioether (sulfide) groups is 1. The van der Waals surface area contributed by atoms with Crippen molar-refractivity contribution in [3.05, 3.63) is 59.7 Å². The number of anilines is 2. The van der Waals surface area contributed by atoms with Crippen LogP contribution in [0.3, 0.4) is 0 Å². The van der Waals surface area contributed by atoms with Crippen LogP contribution in [0.5, 0.6) is 0 Å². The number of aromatic nitrogens is 3. The molecule has 1 aliphatic rings. The first-order valence-corrected chi connectivity index (χ1v) is 11.8. The highest BCUT2D eigenvalue weighted by atomic mass is 32.2. The van der Waals surface area contributed by atoms with E-state index < -0.39 is 0 Å². The Morgan fingerprint density at radius 3 is 2.47 bits per heavy atom. The summed E-state index contributed by atoms with van der Waals surface area (Å²) in [4.78, 5) is 14.8. The summed E-state index contributed by atoms with van der Waals surface area (Å²) in [5.41, 5.74) is 3.83. The molecular weight excluding hydrogens is 420 g/mol. The van der Waals surface area contributed by atoms with Crippen LogP contribution >= 0.6 is 11.8 Å². The van der Waals surface area contributed by atoms with Gasteiger partial charge < -0.3 is 10.2 Å². The molecule has 1 aliphatic heterocycles.